The lowest BCUT2D eigenvalue weighted by Gasteiger charge is -2.41. The van der Waals surface area contributed by atoms with Crippen molar-refractivity contribution in [3.63, 3.8) is 0 Å². The molecule has 1 unspecified atom stereocenters. The van der Waals surface area contributed by atoms with Gasteiger partial charge in [0, 0.05) is 12.1 Å². The van der Waals surface area contributed by atoms with E-state index in [1.807, 2.05) is 32.9 Å². The van der Waals surface area contributed by atoms with Crippen molar-refractivity contribution in [3.8, 4) is 0 Å². The molecule has 0 aromatic heterocycles. The maximum atomic E-state index is 14.5. The summed E-state index contributed by atoms with van der Waals surface area (Å²) in [7, 11) is 0. The molecule has 3 aliphatic carbocycles. The third-order valence-corrected chi connectivity index (χ3v) is 11.9. The molecule has 1 aliphatic heterocycles. The zero-order valence-corrected chi connectivity index (χ0v) is 29.6. The Bertz CT molecular complexity index is 1630. The number of nitrogens with zero attached hydrogens (tertiary/aromatic N) is 1. The predicted octanol–water partition coefficient (Wildman–Crippen LogP) is 4.62. The molecule has 2 aromatic carbocycles. The van der Waals surface area contributed by atoms with Crippen molar-refractivity contribution in [2.24, 2.45) is 34.3 Å². The second-order valence-electron chi connectivity index (χ2n) is 16.9. The first-order valence-electron chi connectivity index (χ1n) is 18.1. The van der Waals surface area contributed by atoms with E-state index in [4.69, 9.17) is 5.73 Å². The van der Waals surface area contributed by atoms with E-state index in [0.29, 0.717) is 19.4 Å². The second-order valence-corrected chi connectivity index (χ2v) is 16.9. The van der Waals surface area contributed by atoms with E-state index in [1.54, 1.807) is 4.90 Å². The molecule has 4 fully saturated rings. The van der Waals surface area contributed by atoms with Crippen molar-refractivity contribution in [1.29, 1.82) is 0 Å². The Morgan fingerprint density at radius 3 is 2.27 bits per heavy atom. The van der Waals surface area contributed by atoms with Crippen molar-refractivity contribution in [1.82, 2.24) is 20.9 Å². The molecular weight excluding hydrogens is 618 g/mol. The average Bonchev–Trinajstić information content (AvgIpc) is 3.90. The molecule has 5 amide bonds. The number of Topliss-reactive ketones (excluding diaryl/α,β-unsaturated/α-hetero) is 1. The van der Waals surface area contributed by atoms with Crippen LogP contribution >= 0.6 is 0 Å². The van der Waals surface area contributed by atoms with E-state index in [9.17, 15) is 24.0 Å². The van der Waals surface area contributed by atoms with Gasteiger partial charge >= 0.3 is 6.03 Å². The first-order valence-corrected chi connectivity index (χ1v) is 18.1. The molecule has 0 bridgehead atoms. The zero-order chi connectivity index (χ0) is 35.3. The number of likely N-dealkylation sites (tertiary alicyclic amines) is 1. The third kappa shape index (κ3) is 7.19. The van der Waals surface area contributed by atoms with Crippen molar-refractivity contribution >= 4 is 40.3 Å². The first kappa shape index (κ1) is 34.9. The highest BCUT2D eigenvalue weighted by atomic mass is 16.2. The number of hydrogen-bond donors (Lipinski definition) is 4. The topological polar surface area (TPSA) is 151 Å². The summed E-state index contributed by atoms with van der Waals surface area (Å²) >= 11 is 0. The van der Waals surface area contributed by atoms with Gasteiger partial charge in [0.2, 0.25) is 17.6 Å². The summed E-state index contributed by atoms with van der Waals surface area (Å²) in [5.74, 6) is -2.37. The van der Waals surface area contributed by atoms with Crippen LogP contribution in [0, 0.1) is 28.6 Å². The molecule has 4 aliphatic rings. The Balaban J connectivity index is 1.21. The van der Waals surface area contributed by atoms with Gasteiger partial charge in [-0.2, -0.15) is 0 Å². The minimum Gasteiger partial charge on any atom is -0.363 e. The second kappa shape index (κ2) is 13.1. The van der Waals surface area contributed by atoms with Crippen LogP contribution in [0.4, 0.5) is 4.79 Å². The molecule has 1 heterocycles. The lowest BCUT2D eigenvalue weighted by atomic mass is 9.76. The highest BCUT2D eigenvalue weighted by molar-refractivity contribution is 6.37. The lowest BCUT2D eigenvalue weighted by Crippen LogP contribution is -2.63. The van der Waals surface area contributed by atoms with Crippen LogP contribution in [0.3, 0.4) is 0 Å². The van der Waals surface area contributed by atoms with Crippen LogP contribution in [0.15, 0.2) is 42.5 Å². The molecule has 49 heavy (non-hydrogen) atoms. The van der Waals surface area contributed by atoms with Crippen LogP contribution in [0.5, 0.6) is 0 Å². The normalized spacial score (nSPS) is 25.1. The summed E-state index contributed by atoms with van der Waals surface area (Å²) < 4.78 is 0. The number of hydrogen-bond acceptors (Lipinski definition) is 5. The molecular formula is C39H53N5O5. The lowest BCUT2D eigenvalue weighted by molar-refractivity contribution is -0.145. The van der Waals surface area contributed by atoms with E-state index in [0.717, 1.165) is 50.3 Å². The fraction of sp³-hybridized carbons (Fsp3) is 0.615. The molecule has 264 valence electrons. The zero-order valence-electron chi connectivity index (χ0n) is 29.6. The molecule has 0 radical (unpaired) electrons. The van der Waals surface area contributed by atoms with Gasteiger partial charge in [-0.25, -0.2) is 4.79 Å². The minimum atomic E-state index is -1.07. The first-order chi connectivity index (χ1) is 23.1. The number of nitrogens with two attached hydrogens (primary N) is 1. The Morgan fingerprint density at radius 1 is 0.939 bits per heavy atom. The van der Waals surface area contributed by atoms with E-state index in [-0.39, 0.29) is 29.1 Å². The van der Waals surface area contributed by atoms with Gasteiger partial charge < -0.3 is 26.6 Å². The number of primary amides is 1. The number of piperidine rings is 1. The van der Waals surface area contributed by atoms with Crippen molar-refractivity contribution in [2.75, 3.05) is 6.54 Å². The highest BCUT2D eigenvalue weighted by Crippen LogP contribution is 2.65. The third-order valence-electron chi connectivity index (χ3n) is 11.9. The molecule has 5 N–H and O–H groups in total. The summed E-state index contributed by atoms with van der Waals surface area (Å²) in [5.41, 5.74) is 5.25. The molecule has 10 nitrogen and oxygen atoms in total. The number of urea groups is 1. The number of benzene rings is 2. The summed E-state index contributed by atoms with van der Waals surface area (Å²) in [4.78, 5) is 68.6. The van der Waals surface area contributed by atoms with E-state index >= 15 is 0 Å². The fourth-order valence-electron chi connectivity index (χ4n) is 8.77. The van der Waals surface area contributed by atoms with Crippen molar-refractivity contribution in [2.45, 2.75) is 116 Å². The van der Waals surface area contributed by atoms with E-state index < -0.39 is 52.7 Å². The van der Waals surface area contributed by atoms with Gasteiger partial charge in [0.15, 0.2) is 0 Å². The Labute approximate surface area is 289 Å². The Kier molecular flexibility index (Phi) is 9.30. The van der Waals surface area contributed by atoms with E-state index in [1.165, 1.54) is 10.9 Å². The van der Waals surface area contributed by atoms with Crippen LogP contribution < -0.4 is 21.7 Å². The largest absolute Gasteiger partial charge is 0.363 e. The minimum absolute atomic E-state index is 0.0950. The molecule has 3 saturated carbocycles. The van der Waals surface area contributed by atoms with Gasteiger partial charge in [0.25, 0.3) is 5.91 Å². The van der Waals surface area contributed by atoms with Gasteiger partial charge in [-0.05, 0) is 70.6 Å². The van der Waals surface area contributed by atoms with Crippen molar-refractivity contribution in [3.05, 3.63) is 48.0 Å². The predicted molar refractivity (Wildman–Crippen MR) is 188 cm³/mol. The number of carbonyl (C=O) groups excluding carboxylic acids is 5. The molecule has 6 rings (SSSR count). The van der Waals surface area contributed by atoms with Gasteiger partial charge in [-0.1, -0.05) is 109 Å². The molecule has 10 heteroatoms. The number of amides is 5. The molecule has 2 aromatic rings. The fourth-order valence-corrected chi connectivity index (χ4v) is 8.77. The number of nitrogens with one attached hydrogen (secondary N) is 3. The van der Waals surface area contributed by atoms with Crippen LogP contribution in [-0.4, -0.2) is 64.6 Å². The number of fused-ring (bicyclic) bond motifs is 2. The van der Waals surface area contributed by atoms with Crippen LogP contribution in [0.2, 0.25) is 0 Å². The van der Waals surface area contributed by atoms with Gasteiger partial charge in [-0.3, -0.25) is 19.2 Å². The summed E-state index contributed by atoms with van der Waals surface area (Å²) in [6.07, 6.45) is 7.75. The van der Waals surface area contributed by atoms with Gasteiger partial charge in [0.05, 0.1) is 6.04 Å². The quantitative estimate of drug-likeness (QED) is 0.257. The smallest absolute Gasteiger partial charge is 0.315 e. The standard InChI is InChI=1S/C39H53N5O5/c1-37(2,3)32(42-36(49)43-39(18-9-6-10-19-39)21-25-14-11-13-24-12-7-8-15-26(24)25)35(48)44-22-27-29(38(27,4)5)30(44)34(47)41-28(20-23-16-17-23)31(45)33(40)46/h7-8,11-15,23,27-30,32H,6,9-10,16-22H2,1-5H3,(H2,40,46)(H,41,47)(H2,42,43,49)/t27-,28?,29-,30-,32+/m0/s1. The maximum absolute atomic E-state index is 14.5. The Morgan fingerprint density at radius 2 is 1.61 bits per heavy atom. The van der Waals surface area contributed by atoms with Gasteiger partial charge in [-0.15, -0.1) is 0 Å². The number of carbonyl (C=O) groups is 5. The average molecular weight is 672 g/mol. The molecule has 5 atom stereocenters. The maximum Gasteiger partial charge on any atom is 0.315 e. The molecule has 1 saturated heterocycles. The van der Waals surface area contributed by atoms with E-state index in [2.05, 4.69) is 60.1 Å². The number of rotatable bonds is 11. The molecule has 0 spiro atoms. The Hall–Kier alpha value is -3.95. The summed E-state index contributed by atoms with van der Waals surface area (Å²) in [6.45, 7) is 10.3. The highest BCUT2D eigenvalue weighted by Gasteiger charge is 2.70. The van der Waals surface area contributed by atoms with Gasteiger partial charge in [0.1, 0.15) is 12.1 Å². The van der Waals surface area contributed by atoms with Crippen LogP contribution in [0.25, 0.3) is 10.8 Å². The monoisotopic (exact) mass is 671 g/mol. The van der Waals surface area contributed by atoms with Crippen LogP contribution in [0.1, 0.15) is 91.5 Å². The summed E-state index contributed by atoms with van der Waals surface area (Å²) in [5, 5.41) is 11.6. The van der Waals surface area contributed by atoms with Crippen LogP contribution in [-0.2, 0) is 25.6 Å². The summed E-state index contributed by atoms with van der Waals surface area (Å²) in [6, 6.07) is 11.5. The number of ketones is 1. The van der Waals surface area contributed by atoms with Crippen molar-refractivity contribution < 1.29 is 24.0 Å². The SMILES string of the molecule is CC(C)(C)[C@H](NC(=O)NC1(Cc2cccc3ccccc23)CCCCC1)C(=O)N1C[C@H]2[C@@H]([C@H]1C(=O)NC(CC1CC1)C(=O)C(N)=O)C2(C)C.